The van der Waals surface area contributed by atoms with Crippen molar-refractivity contribution in [2.75, 3.05) is 13.7 Å². The second-order valence-electron chi connectivity index (χ2n) is 9.92. The second kappa shape index (κ2) is 11.7. The highest BCUT2D eigenvalue weighted by molar-refractivity contribution is 6.48. The zero-order valence-electron chi connectivity index (χ0n) is 21.4. The number of primary amides is 1. The van der Waals surface area contributed by atoms with Crippen LogP contribution >= 0.6 is 11.6 Å². The molecule has 1 fully saturated rings. The van der Waals surface area contributed by atoms with Crippen molar-refractivity contribution in [1.82, 2.24) is 15.3 Å². The highest BCUT2D eigenvalue weighted by Gasteiger charge is 2.54. The van der Waals surface area contributed by atoms with Crippen molar-refractivity contribution >= 4 is 30.5 Å². The van der Waals surface area contributed by atoms with E-state index in [0.717, 1.165) is 18.4 Å². The summed E-state index contributed by atoms with van der Waals surface area (Å²) in [7, 11) is 0.808. The van der Waals surface area contributed by atoms with Crippen LogP contribution in [0.1, 0.15) is 68.2 Å². The molecule has 0 bridgehead atoms. The number of methoxy groups -OCH3 is 1. The smallest absolute Gasteiger partial charge is 0.402 e. The van der Waals surface area contributed by atoms with Gasteiger partial charge in [0.25, 0.3) is 5.91 Å². The van der Waals surface area contributed by atoms with E-state index >= 15 is 0 Å². The van der Waals surface area contributed by atoms with E-state index in [-0.39, 0.29) is 23.9 Å². The fourth-order valence-electron chi connectivity index (χ4n) is 4.03. The fraction of sp³-hybridized carbons (Fsp3) is 0.520. The summed E-state index contributed by atoms with van der Waals surface area (Å²) in [5, 5.41) is 3.75. The van der Waals surface area contributed by atoms with Crippen molar-refractivity contribution in [3.63, 3.8) is 0 Å². The largest absolute Gasteiger partial charge is 0.481 e. The van der Waals surface area contributed by atoms with E-state index in [1.54, 1.807) is 0 Å². The van der Waals surface area contributed by atoms with Crippen LogP contribution in [0.25, 0.3) is 0 Å². The zero-order chi connectivity index (χ0) is 26.5. The number of rotatable bonds is 11. The number of hydrogen-bond donors (Lipinski definition) is 2. The van der Waals surface area contributed by atoms with Gasteiger partial charge in [0.2, 0.25) is 5.91 Å². The first-order chi connectivity index (χ1) is 16.9. The predicted molar refractivity (Wildman–Crippen MR) is 138 cm³/mol. The molecule has 2 heterocycles. The number of hydrogen-bond acceptors (Lipinski definition) is 7. The average molecular weight is 517 g/mol. The Bertz CT molecular complexity index is 1050. The van der Waals surface area contributed by atoms with E-state index in [9.17, 15) is 9.59 Å². The van der Waals surface area contributed by atoms with Crippen LogP contribution in [0.3, 0.4) is 0 Å². The Hall–Kier alpha value is -2.53. The number of aromatic nitrogens is 2. The van der Waals surface area contributed by atoms with E-state index in [1.165, 1.54) is 19.5 Å². The van der Waals surface area contributed by atoms with E-state index in [1.807, 2.05) is 52.0 Å². The number of carbonyl (C=O) groups excluding carboxylic acids is 2. The van der Waals surface area contributed by atoms with Crippen LogP contribution in [0.5, 0.6) is 0 Å². The Balaban J connectivity index is 1.81. The quantitative estimate of drug-likeness (QED) is 0.440. The summed E-state index contributed by atoms with van der Waals surface area (Å²) in [5.41, 5.74) is 5.59. The Kier molecular flexibility index (Phi) is 9.10. The zero-order valence-corrected chi connectivity index (χ0v) is 22.2. The molecule has 36 heavy (non-hydrogen) atoms. The molecule has 2 aromatic rings. The summed E-state index contributed by atoms with van der Waals surface area (Å²) in [6.45, 7) is 7.85. The van der Waals surface area contributed by atoms with Gasteiger partial charge in [-0.25, -0.2) is 4.98 Å². The van der Waals surface area contributed by atoms with Gasteiger partial charge in [0.1, 0.15) is 11.6 Å². The molecule has 3 rings (SSSR count). The van der Waals surface area contributed by atoms with Crippen molar-refractivity contribution in [2.24, 2.45) is 5.73 Å². The van der Waals surface area contributed by atoms with E-state index in [4.69, 9.17) is 31.4 Å². The van der Waals surface area contributed by atoms with Gasteiger partial charge in [-0.1, -0.05) is 23.7 Å². The molecule has 0 radical (unpaired) electrons. The van der Waals surface area contributed by atoms with E-state index in [2.05, 4.69) is 15.3 Å². The Morgan fingerprint density at radius 3 is 2.31 bits per heavy atom. The van der Waals surface area contributed by atoms with Gasteiger partial charge in [-0.3, -0.25) is 14.6 Å². The maximum atomic E-state index is 13.5. The van der Waals surface area contributed by atoms with Gasteiger partial charge in [0, 0.05) is 24.5 Å². The van der Waals surface area contributed by atoms with E-state index in [0.29, 0.717) is 11.4 Å². The lowest BCUT2D eigenvalue weighted by Gasteiger charge is -2.32. The maximum absolute atomic E-state index is 13.5. The molecule has 11 heteroatoms. The summed E-state index contributed by atoms with van der Waals surface area (Å²) >= 11 is 6.00. The normalized spacial score (nSPS) is 18.0. The van der Waals surface area contributed by atoms with Gasteiger partial charge < -0.3 is 25.1 Å². The number of aryl methyl sites for hydroxylation is 1. The first kappa shape index (κ1) is 28.1. The van der Waals surface area contributed by atoms with Crippen LogP contribution in [-0.4, -0.2) is 59.8 Å². The highest BCUT2D eigenvalue weighted by Crippen LogP contribution is 2.38. The second-order valence-corrected chi connectivity index (χ2v) is 10.4. The molecule has 1 saturated heterocycles. The molecule has 1 aliphatic rings. The van der Waals surface area contributed by atoms with Crippen LogP contribution in [0.15, 0.2) is 36.7 Å². The van der Waals surface area contributed by atoms with Gasteiger partial charge in [-0.2, -0.15) is 0 Å². The number of carbonyl (C=O) groups is 2. The predicted octanol–water partition coefficient (Wildman–Crippen LogP) is 3.10. The summed E-state index contributed by atoms with van der Waals surface area (Å²) in [5.74, 6) is -2.50. The third-order valence-electron chi connectivity index (χ3n) is 6.76. The van der Waals surface area contributed by atoms with Gasteiger partial charge >= 0.3 is 7.12 Å². The third kappa shape index (κ3) is 6.62. The Labute approximate surface area is 217 Å². The minimum absolute atomic E-state index is 0.00827. The van der Waals surface area contributed by atoms with Crippen molar-refractivity contribution in [3.05, 3.63) is 58.6 Å². The lowest BCUT2D eigenvalue weighted by molar-refractivity contribution is -0.124. The lowest BCUT2D eigenvalue weighted by Crippen LogP contribution is -2.50. The summed E-state index contributed by atoms with van der Waals surface area (Å²) in [4.78, 5) is 33.7. The van der Waals surface area contributed by atoms with Crippen LogP contribution < -0.4 is 11.1 Å². The van der Waals surface area contributed by atoms with Crippen LogP contribution in [0.2, 0.25) is 5.02 Å². The molecular formula is C25H34BClN4O5. The van der Waals surface area contributed by atoms with Crippen LogP contribution in [-0.2, 0) is 25.3 Å². The topological polar surface area (TPSA) is 126 Å². The molecule has 3 N–H and O–H groups in total. The molecule has 1 aromatic heterocycles. The monoisotopic (exact) mass is 516 g/mol. The van der Waals surface area contributed by atoms with Gasteiger partial charge in [0.15, 0.2) is 0 Å². The third-order valence-corrected chi connectivity index (χ3v) is 7.01. The van der Waals surface area contributed by atoms with E-state index < -0.39 is 36.1 Å². The molecule has 194 valence electrons. The van der Waals surface area contributed by atoms with Crippen molar-refractivity contribution in [3.8, 4) is 0 Å². The standard InChI is InChI=1S/C25H34BClN4O5/c1-24(2)25(3,4)36-26(35-24)19(8-6-7-16-9-11-17(27)12-10-16)31-23(33)18(15-34-5)20-21(22(28)32)30-14-13-29-20/h9-14,18-19H,6-8,15H2,1-5H3,(H2,28,32)(H,31,33)/t18-,19-/m0/s1. The first-order valence-electron chi connectivity index (χ1n) is 12.0. The number of nitrogens with two attached hydrogens (primary N) is 1. The number of ether oxygens (including phenoxy) is 1. The first-order valence-corrected chi connectivity index (χ1v) is 12.3. The SMILES string of the molecule is COC[C@H](C(=O)N[C@@H](CCCc1ccc(Cl)cc1)B1OC(C)(C)C(C)(C)O1)c1nccnc1C(N)=O. The molecule has 0 unspecified atom stereocenters. The molecule has 2 amide bonds. The number of nitrogens with one attached hydrogen (secondary N) is 1. The Morgan fingerprint density at radius 2 is 1.72 bits per heavy atom. The molecule has 1 aliphatic heterocycles. The molecule has 9 nitrogen and oxygen atoms in total. The van der Waals surface area contributed by atoms with Crippen molar-refractivity contribution in [1.29, 1.82) is 0 Å². The van der Waals surface area contributed by atoms with Gasteiger partial charge in [0.05, 0.1) is 29.4 Å². The minimum Gasteiger partial charge on any atom is -0.402 e. The number of benzene rings is 1. The number of halogens is 1. The van der Waals surface area contributed by atoms with Crippen molar-refractivity contribution in [2.45, 2.75) is 70.0 Å². The van der Waals surface area contributed by atoms with Crippen LogP contribution in [0, 0.1) is 0 Å². The molecular weight excluding hydrogens is 483 g/mol. The molecule has 1 aromatic carbocycles. The minimum atomic E-state index is -0.896. The lowest BCUT2D eigenvalue weighted by atomic mass is 9.75. The molecule has 2 atom stereocenters. The molecule has 0 spiro atoms. The highest BCUT2D eigenvalue weighted by atomic mass is 35.5. The Morgan fingerprint density at radius 1 is 1.11 bits per heavy atom. The molecule has 0 aliphatic carbocycles. The van der Waals surface area contributed by atoms with Gasteiger partial charge in [-0.15, -0.1) is 0 Å². The van der Waals surface area contributed by atoms with Crippen LogP contribution in [0.4, 0.5) is 0 Å². The average Bonchev–Trinajstić information content (AvgIpc) is 3.04. The number of amides is 2. The summed E-state index contributed by atoms with van der Waals surface area (Å²) in [6, 6.07) is 7.69. The number of nitrogens with zero attached hydrogens (tertiary/aromatic N) is 2. The fourth-order valence-corrected chi connectivity index (χ4v) is 4.15. The van der Waals surface area contributed by atoms with Crippen molar-refractivity contribution < 1.29 is 23.6 Å². The maximum Gasteiger partial charge on any atom is 0.481 e. The summed E-state index contributed by atoms with van der Waals surface area (Å²) < 4.78 is 17.8. The van der Waals surface area contributed by atoms with Gasteiger partial charge in [-0.05, 0) is 64.7 Å². The summed E-state index contributed by atoms with van der Waals surface area (Å²) in [6.07, 6.45) is 4.92. The molecule has 0 saturated carbocycles.